The lowest BCUT2D eigenvalue weighted by Gasteiger charge is -2.37. The molecule has 2 rings (SSSR count). The highest BCUT2D eigenvalue weighted by Crippen LogP contribution is 2.23. The Bertz CT molecular complexity index is 375. The lowest BCUT2D eigenvalue weighted by Crippen LogP contribution is -2.48. The number of hydrogen-bond donors (Lipinski definition) is 2. The first kappa shape index (κ1) is 13.2. The number of aliphatic hydroxyl groups is 1. The molecular formula is C14H23N3O. The largest absolute Gasteiger partial charge is 0.397 e. The summed E-state index contributed by atoms with van der Waals surface area (Å²) < 4.78 is 0. The molecule has 0 amide bonds. The molecule has 100 valence electrons. The number of nitrogens with zero attached hydrogens (tertiary/aromatic N) is 2. The third-order valence-electron chi connectivity index (χ3n) is 3.53. The highest BCUT2D eigenvalue weighted by molar-refractivity contribution is 5.67. The molecule has 1 fully saturated rings. The minimum atomic E-state index is 0.270. The van der Waals surface area contributed by atoms with E-state index in [1.807, 2.05) is 18.2 Å². The summed E-state index contributed by atoms with van der Waals surface area (Å²) in [4.78, 5) is 4.76. The second kappa shape index (κ2) is 6.07. The molecule has 1 aromatic carbocycles. The van der Waals surface area contributed by atoms with Crippen LogP contribution in [0.15, 0.2) is 24.3 Å². The molecule has 0 spiro atoms. The van der Waals surface area contributed by atoms with Gasteiger partial charge in [0.2, 0.25) is 0 Å². The average Bonchev–Trinajstić information content (AvgIpc) is 2.40. The summed E-state index contributed by atoms with van der Waals surface area (Å²) in [7, 11) is 0. The van der Waals surface area contributed by atoms with Gasteiger partial charge in [0.25, 0.3) is 0 Å². The molecule has 1 heterocycles. The summed E-state index contributed by atoms with van der Waals surface area (Å²) >= 11 is 0. The summed E-state index contributed by atoms with van der Waals surface area (Å²) in [5.74, 6) is 0.360. The van der Waals surface area contributed by atoms with E-state index in [1.54, 1.807) is 0 Å². The number of para-hydroxylation sites is 2. The highest BCUT2D eigenvalue weighted by Gasteiger charge is 2.19. The SMILES string of the molecule is CC(CO)CN1CCN(c2ccccc2N)CC1. The predicted octanol–water partition coefficient (Wildman–Crippen LogP) is 1.02. The van der Waals surface area contributed by atoms with Gasteiger partial charge in [-0.1, -0.05) is 19.1 Å². The van der Waals surface area contributed by atoms with Crippen molar-refractivity contribution in [1.82, 2.24) is 4.90 Å². The zero-order valence-corrected chi connectivity index (χ0v) is 11.0. The van der Waals surface area contributed by atoms with Crippen molar-refractivity contribution < 1.29 is 5.11 Å². The molecular weight excluding hydrogens is 226 g/mol. The van der Waals surface area contributed by atoms with Crippen molar-refractivity contribution >= 4 is 11.4 Å². The van der Waals surface area contributed by atoms with E-state index in [-0.39, 0.29) is 6.61 Å². The van der Waals surface area contributed by atoms with E-state index in [0.717, 1.165) is 44.1 Å². The zero-order chi connectivity index (χ0) is 13.0. The Morgan fingerprint density at radius 1 is 1.22 bits per heavy atom. The fourth-order valence-corrected chi connectivity index (χ4v) is 2.45. The predicted molar refractivity (Wildman–Crippen MR) is 75.8 cm³/mol. The topological polar surface area (TPSA) is 52.7 Å². The number of rotatable bonds is 4. The van der Waals surface area contributed by atoms with Gasteiger partial charge in [0.05, 0.1) is 11.4 Å². The Morgan fingerprint density at radius 3 is 2.50 bits per heavy atom. The monoisotopic (exact) mass is 249 g/mol. The number of aliphatic hydroxyl groups excluding tert-OH is 1. The molecule has 18 heavy (non-hydrogen) atoms. The summed E-state index contributed by atoms with van der Waals surface area (Å²) in [6, 6.07) is 8.04. The second-order valence-electron chi connectivity index (χ2n) is 5.13. The van der Waals surface area contributed by atoms with Gasteiger partial charge < -0.3 is 15.7 Å². The number of nitrogens with two attached hydrogens (primary N) is 1. The van der Waals surface area contributed by atoms with Crippen molar-refractivity contribution in [3.05, 3.63) is 24.3 Å². The van der Waals surface area contributed by atoms with E-state index in [9.17, 15) is 0 Å². The van der Waals surface area contributed by atoms with Crippen molar-refractivity contribution in [3.8, 4) is 0 Å². The minimum absolute atomic E-state index is 0.270. The molecule has 1 saturated heterocycles. The standard InChI is InChI=1S/C14H23N3O/c1-12(11-18)10-16-6-8-17(9-7-16)14-5-3-2-4-13(14)15/h2-5,12,18H,6-11,15H2,1H3. The molecule has 4 nitrogen and oxygen atoms in total. The first-order valence-corrected chi connectivity index (χ1v) is 6.63. The van der Waals surface area contributed by atoms with Crippen molar-refractivity contribution in [2.75, 3.05) is 50.0 Å². The van der Waals surface area contributed by atoms with Crippen LogP contribution in [0.3, 0.4) is 0 Å². The van der Waals surface area contributed by atoms with E-state index in [0.29, 0.717) is 5.92 Å². The van der Waals surface area contributed by atoms with E-state index in [1.165, 1.54) is 0 Å². The van der Waals surface area contributed by atoms with Crippen LogP contribution >= 0.6 is 0 Å². The quantitative estimate of drug-likeness (QED) is 0.782. The van der Waals surface area contributed by atoms with E-state index in [2.05, 4.69) is 22.8 Å². The molecule has 3 N–H and O–H groups in total. The third-order valence-corrected chi connectivity index (χ3v) is 3.53. The van der Waals surface area contributed by atoms with Gasteiger partial charge in [-0.25, -0.2) is 0 Å². The first-order valence-electron chi connectivity index (χ1n) is 6.63. The number of nitrogen functional groups attached to an aromatic ring is 1. The Morgan fingerprint density at radius 2 is 1.89 bits per heavy atom. The molecule has 1 atom stereocenters. The van der Waals surface area contributed by atoms with Gasteiger partial charge in [-0.05, 0) is 18.1 Å². The molecule has 4 heteroatoms. The number of anilines is 2. The number of benzene rings is 1. The average molecular weight is 249 g/mol. The second-order valence-corrected chi connectivity index (χ2v) is 5.13. The van der Waals surface area contributed by atoms with E-state index in [4.69, 9.17) is 10.8 Å². The van der Waals surface area contributed by atoms with Crippen molar-refractivity contribution in [3.63, 3.8) is 0 Å². The van der Waals surface area contributed by atoms with Crippen LogP contribution in [0.1, 0.15) is 6.92 Å². The van der Waals surface area contributed by atoms with Gasteiger partial charge in [-0.2, -0.15) is 0 Å². The maximum Gasteiger partial charge on any atom is 0.0600 e. The van der Waals surface area contributed by atoms with E-state index < -0.39 is 0 Å². The van der Waals surface area contributed by atoms with Crippen molar-refractivity contribution in [1.29, 1.82) is 0 Å². The summed E-state index contributed by atoms with van der Waals surface area (Å²) in [6.07, 6.45) is 0. The smallest absolute Gasteiger partial charge is 0.0600 e. The third kappa shape index (κ3) is 3.15. The van der Waals surface area contributed by atoms with Gasteiger partial charge in [0.15, 0.2) is 0 Å². The van der Waals surface area contributed by atoms with Gasteiger partial charge in [0, 0.05) is 39.3 Å². The van der Waals surface area contributed by atoms with Crippen molar-refractivity contribution in [2.24, 2.45) is 5.92 Å². The van der Waals surface area contributed by atoms with Gasteiger partial charge >= 0.3 is 0 Å². The zero-order valence-electron chi connectivity index (χ0n) is 11.0. The Hall–Kier alpha value is -1.26. The summed E-state index contributed by atoms with van der Waals surface area (Å²) in [5, 5.41) is 9.08. The fraction of sp³-hybridized carbons (Fsp3) is 0.571. The minimum Gasteiger partial charge on any atom is -0.397 e. The normalized spacial score (nSPS) is 18.9. The molecule has 0 aromatic heterocycles. The van der Waals surface area contributed by atoms with Crippen LogP contribution in [-0.2, 0) is 0 Å². The summed E-state index contributed by atoms with van der Waals surface area (Å²) in [6.45, 7) is 7.43. The highest BCUT2D eigenvalue weighted by atomic mass is 16.3. The Kier molecular flexibility index (Phi) is 4.44. The van der Waals surface area contributed by atoms with Crippen LogP contribution in [0, 0.1) is 5.92 Å². The van der Waals surface area contributed by atoms with Gasteiger partial charge in [-0.3, -0.25) is 4.90 Å². The molecule has 0 bridgehead atoms. The summed E-state index contributed by atoms with van der Waals surface area (Å²) in [5.41, 5.74) is 8.00. The Balaban J connectivity index is 1.89. The van der Waals surface area contributed by atoms with Crippen LogP contribution in [0.25, 0.3) is 0 Å². The molecule has 1 aliphatic rings. The fourth-order valence-electron chi connectivity index (χ4n) is 2.45. The maximum absolute atomic E-state index is 9.08. The molecule has 1 unspecified atom stereocenters. The lowest BCUT2D eigenvalue weighted by atomic mass is 10.1. The number of piperazine rings is 1. The van der Waals surface area contributed by atoms with Crippen LogP contribution in [0.5, 0.6) is 0 Å². The van der Waals surface area contributed by atoms with Crippen LogP contribution in [-0.4, -0.2) is 49.3 Å². The Labute approximate surface area is 109 Å². The molecule has 0 saturated carbocycles. The van der Waals surface area contributed by atoms with E-state index >= 15 is 0 Å². The first-order chi connectivity index (χ1) is 8.70. The molecule has 0 aliphatic carbocycles. The van der Waals surface area contributed by atoms with Crippen LogP contribution in [0.4, 0.5) is 11.4 Å². The van der Waals surface area contributed by atoms with Gasteiger partial charge in [-0.15, -0.1) is 0 Å². The molecule has 1 aromatic rings. The lowest BCUT2D eigenvalue weighted by molar-refractivity contribution is 0.168. The van der Waals surface area contributed by atoms with Crippen LogP contribution < -0.4 is 10.6 Å². The van der Waals surface area contributed by atoms with Crippen LogP contribution in [0.2, 0.25) is 0 Å². The number of hydrogen-bond acceptors (Lipinski definition) is 4. The molecule has 0 radical (unpaired) electrons. The van der Waals surface area contributed by atoms with Crippen molar-refractivity contribution in [2.45, 2.75) is 6.92 Å². The van der Waals surface area contributed by atoms with Gasteiger partial charge in [0.1, 0.15) is 0 Å². The maximum atomic E-state index is 9.08. The molecule has 1 aliphatic heterocycles.